The molecule has 0 spiro atoms. The SMILES string of the molecule is Nc1ccc(C(O)CNC(=O)c2ccccc2F)cc1. The highest BCUT2D eigenvalue weighted by molar-refractivity contribution is 5.94. The van der Waals surface area contributed by atoms with E-state index in [1.165, 1.54) is 18.2 Å². The van der Waals surface area contributed by atoms with E-state index in [0.29, 0.717) is 11.3 Å². The van der Waals surface area contributed by atoms with Crippen molar-refractivity contribution in [2.24, 2.45) is 0 Å². The van der Waals surface area contributed by atoms with Gasteiger partial charge in [0, 0.05) is 12.2 Å². The van der Waals surface area contributed by atoms with Crippen molar-refractivity contribution in [2.75, 3.05) is 12.3 Å². The summed E-state index contributed by atoms with van der Waals surface area (Å²) in [4.78, 5) is 11.8. The van der Waals surface area contributed by atoms with Crippen LogP contribution in [-0.2, 0) is 0 Å². The lowest BCUT2D eigenvalue weighted by molar-refractivity contribution is 0.0912. The summed E-state index contributed by atoms with van der Waals surface area (Å²) in [6, 6.07) is 12.4. The van der Waals surface area contributed by atoms with E-state index in [1.807, 2.05) is 0 Å². The Hall–Kier alpha value is -2.40. The Kier molecular flexibility index (Phi) is 4.32. The number of nitrogens with two attached hydrogens (primary N) is 1. The van der Waals surface area contributed by atoms with Crippen LogP contribution in [-0.4, -0.2) is 17.6 Å². The highest BCUT2D eigenvalue weighted by atomic mass is 19.1. The second kappa shape index (κ2) is 6.16. The molecular formula is C15H15FN2O2. The second-order valence-electron chi connectivity index (χ2n) is 4.37. The third kappa shape index (κ3) is 3.33. The number of amides is 1. The van der Waals surface area contributed by atoms with Gasteiger partial charge in [-0.2, -0.15) is 0 Å². The molecule has 104 valence electrons. The fraction of sp³-hybridized carbons (Fsp3) is 0.133. The zero-order valence-electron chi connectivity index (χ0n) is 10.7. The number of hydrogen-bond donors (Lipinski definition) is 3. The molecule has 0 aliphatic carbocycles. The molecular weight excluding hydrogens is 259 g/mol. The van der Waals surface area contributed by atoms with E-state index in [1.54, 1.807) is 30.3 Å². The maximum Gasteiger partial charge on any atom is 0.254 e. The Bertz CT molecular complexity index is 599. The van der Waals surface area contributed by atoms with Gasteiger partial charge in [-0.25, -0.2) is 4.39 Å². The van der Waals surface area contributed by atoms with Crippen LogP contribution in [0.15, 0.2) is 48.5 Å². The molecule has 0 heterocycles. The first-order valence-corrected chi connectivity index (χ1v) is 6.14. The van der Waals surface area contributed by atoms with Crippen molar-refractivity contribution in [1.82, 2.24) is 5.32 Å². The topological polar surface area (TPSA) is 75.3 Å². The van der Waals surface area contributed by atoms with E-state index in [2.05, 4.69) is 5.32 Å². The smallest absolute Gasteiger partial charge is 0.254 e. The van der Waals surface area contributed by atoms with Crippen LogP contribution in [0.1, 0.15) is 22.0 Å². The first-order chi connectivity index (χ1) is 9.58. The monoisotopic (exact) mass is 274 g/mol. The van der Waals surface area contributed by atoms with Crippen molar-refractivity contribution >= 4 is 11.6 Å². The van der Waals surface area contributed by atoms with Crippen molar-refractivity contribution in [3.05, 3.63) is 65.5 Å². The minimum atomic E-state index is -0.869. The normalized spacial score (nSPS) is 11.9. The summed E-state index contributed by atoms with van der Waals surface area (Å²) in [7, 11) is 0. The Morgan fingerprint density at radius 1 is 1.20 bits per heavy atom. The van der Waals surface area contributed by atoms with Crippen LogP contribution < -0.4 is 11.1 Å². The quantitative estimate of drug-likeness (QED) is 0.745. The Morgan fingerprint density at radius 2 is 1.85 bits per heavy atom. The molecule has 0 saturated heterocycles. The number of nitrogens with one attached hydrogen (secondary N) is 1. The molecule has 0 fully saturated rings. The number of halogens is 1. The van der Waals surface area contributed by atoms with Crippen molar-refractivity contribution in [3.8, 4) is 0 Å². The lowest BCUT2D eigenvalue weighted by atomic mass is 10.1. The fourth-order valence-corrected chi connectivity index (χ4v) is 1.77. The van der Waals surface area contributed by atoms with Gasteiger partial charge in [0.05, 0.1) is 11.7 Å². The summed E-state index contributed by atoms with van der Waals surface area (Å²) in [6.07, 6.45) is -0.869. The van der Waals surface area contributed by atoms with E-state index in [4.69, 9.17) is 5.73 Å². The van der Waals surface area contributed by atoms with Crippen molar-refractivity contribution < 1.29 is 14.3 Å². The Morgan fingerprint density at radius 3 is 2.50 bits per heavy atom. The highest BCUT2D eigenvalue weighted by Crippen LogP contribution is 2.14. The summed E-state index contributed by atoms with van der Waals surface area (Å²) < 4.78 is 13.4. The number of nitrogen functional groups attached to an aromatic ring is 1. The maximum atomic E-state index is 13.4. The molecule has 4 nitrogen and oxygen atoms in total. The van der Waals surface area contributed by atoms with Gasteiger partial charge in [-0.3, -0.25) is 4.79 Å². The maximum absolute atomic E-state index is 13.4. The lowest BCUT2D eigenvalue weighted by Gasteiger charge is -2.12. The molecule has 0 aliphatic heterocycles. The van der Waals surface area contributed by atoms with Gasteiger partial charge in [0.25, 0.3) is 5.91 Å². The number of rotatable bonds is 4. The molecule has 5 heteroatoms. The van der Waals surface area contributed by atoms with Crippen LogP contribution in [0, 0.1) is 5.82 Å². The van der Waals surface area contributed by atoms with E-state index >= 15 is 0 Å². The molecule has 0 radical (unpaired) electrons. The first kappa shape index (κ1) is 14.0. The minimum absolute atomic E-state index is 0.00289. The number of aliphatic hydroxyl groups excluding tert-OH is 1. The molecule has 0 saturated carbocycles. The fourth-order valence-electron chi connectivity index (χ4n) is 1.77. The second-order valence-corrected chi connectivity index (χ2v) is 4.37. The molecule has 0 bridgehead atoms. The average Bonchev–Trinajstić information content (AvgIpc) is 2.45. The third-order valence-corrected chi connectivity index (χ3v) is 2.90. The van der Waals surface area contributed by atoms with Crippen LogP contribution >= 0.6 is 0 Å². The summed E-state index contributed by atoms with van der Waals surface area (Å²) in [5.74, 6) is -1.15. The molecule has 2 rings (SSSR count). The summed E-state index contributed by atoms with van der Waals surface area (Å²) >= 11 is 0. The number of hydrogen-bond acceptors (Lipinski definition) is 3. The predicted octanol–water partition coefficient (Wildman–Crippen LogP) is 1.87. The van der Waals surface area contributed by atoms with Crippen molar-refractivity contribution in [2.45, 2.75) is 6.10 Å². The van der Waals surface area contributed by atoms with Gasteiger partial charge in [-0.05, 0) is 29.8 Å². The van der Waals surface area contributed by atoms with Crippen LogP contribution in [0.25, 0.3) is 0 Å². The van der Waals surface area contributed by atoms with Gasteiger partial charge < -0.3 is 16.2 Å². The largest absolute Gasteiger partial charge is 0.399 e. The molecule has 20 heavy (non-hydrogen) atoms. The number of anilines is 1. The highest BCUT2D eigenvalue weighted by Gasteiger charge is 2.13. The van der Waals surface area contributed by atoms with Gasteiger partial charge in [-0.1, -0.05) is 24.3 Å². The van der Waals surface area contributed by atoms with E-state index < -0.39 is 17.8 Å². The van der Waals surface area contributed by atoms with Gasteiger partial charge >= 0.3 is 0 Å². The number of carbonyl (C=O) groups excluding carboxylic acids is 1. The summed E-state index contributed by atoms with van der Waals surface area (Å²) in [5.41, 5.74) is 6.73. The van der Waals surface area contributed by atoms with Crippen molar-refractivity contribution in [1.29, 1.82) is 0 Å². The van der Waals surface area contributed by atoms with E-state index in [-0.39, 0.29) is 12.1 Å². The zero-order valence-corrected chi connectivity index (χ0v) is 10.7. The number of carbonyl (C=O) groups is 1. The van der Waals surface area contributed by atoms with E-state index in [0.717, 1.165) is 0 Å². The standard InChI is InChI=1S/C15H15FN2O2/c16-13-4-2-1-3-12(13)15(20)18-9-14(19)10-5-7-11(17)8-6-10/h1-8,14,19H,9,17H2,(H,18,20). The molecule has 0 aromatic heterocycles. The molecule has 1 unspecified atom stereocenters. The van der Waals surface area contributed by atoms with Gasteiger partial charge in [0.2, 0.25) is 0 Å². The number of aliphatic hydroxyl groups is 1. The summed E-state index contributed by atoms with van der Waals surface area (Å²) in [5, 5.41) is 12.4. The third-order valence-electron chi connectivity index (χ3n) is 2.90. The first-order valence-electron chi connectivity index (χ1n) is 6.14. The van der Waals surface area contributed by atoms with Crippen LogP contribution in [0.2, 0.25) is 0 Å². The minimum Gasteiger partial charge on any atom is -0.399 e. The van der Waals surface area contributed by atoms with Crippen molar-refractivity contribution in [3.63, 3.8) is 0 Å². The van der Waals surface area contributed by atoms with E-state index in [9.17, 15) is 14.3 Å². The van der Waals surface area contributed by atoms with Gasteiger partial charge in [0.1, 0.15) is 5.82 Å². The van der Waals surface area contributed by atoms with Gasteiger partial charge in [-0.15, -0.1) is 0 Å². The Labute approximate surface area is 116 Å². The zero-order chi connectivity index (χ0) is 14.5. The number of benzene rings is 2. The lowest BCUT2D eigenvalue weighted by Crippen LogP contribution is -2.29. The molecule has 4 N–H and O–H groups in total. The molecule has 1 atom stereocenters. The van der Waals surface area contributed by atoms with Crippen LogP contribution in [0.4, 0.5) is 10.1 Å². The summed E-state index contributed by atoms with van der Waals surface area (Å²) in [6.45, 7) is -0.00289. The van der Waals surface area contributed by atoms with Crippen LogP contribution in [0.5, 0.6) is 0 Å². The molecule has 2 aromatic rings. The van der Waals surface area contributed by atoms with Crippen LogP contribution in [0.3, 0.4) is 0 Å². The predicted molar refractivity (Wildman–Crippen MR) is 74.5 cm³/mol. The molecule has 2 aromatic carbocycles. The molecule has 0 aliphatic rings. The van der Waals surface area contributed by atoms with Gasteiger partial charge in [0.15, 0.2) is 0 Å². The average molecular weight is 274 g/mol. The molecule has 1 amide bonds. The Balaban J connectivity index is 1.97.